The van der Waals surface area contributed by atoms with Gasteiger partial charge in [-0.25, -0.2) is 0 Å². The Balaban J connectivity index is 1.70. The number of nitrogens with zero attached hydrogens (tertiary/aromatic N) is 1. The van der Waals surface area contributed by atoms with E-state index in [9.17, 15) is 5.11 Å². The highest BCUT2D eigenvalue weighted by atomic mass is 35.5. The first-order valence-electron chi connectivity index (χ1n) is 7.52. The van der Waals surface area contributed by atoms with Crippen molar-refractivity contribution in [2.75, 3.05) is 20.4 Å². The molecule has 2 unspecified atom stereocenters. The highest BCUT2D eigenvalue weighted by Gasteiger charge is 2.26. The van der Waals surface area contributed by atoms with Crippen molar-refractivity contribution in [2.45, 2.75) is 38.5 Å². The number of rotatable bonds is 4. The van der Waals surface area contributed by atoms with Crippen LogP contribution < -0.4 is 4.74 Å². The predicted octanol–water partition coefficient (Wildman–Crippen LogP) is 2.80. The van der Waals surface area contributed by atoms with Crippen LogP contribution in [0.2, 0.25) is 5.02 Å². The Morgan fingerprint density at radius 3 is 3.00 bits per heavy atom. The number of hydrogen-bond acceptors (Lipinski definition) is 4. The van der Waals surface area contributed by atoms with E-state index in [4.69, 9.17) is 21.1 Å². The van der Waals surface area contributed by atoms with Crippen molar-refractivity contribution < 1.29 is 14.6 Å². The van der Waals surface area contributed by atoms with Gasteiger partial charge < -0.3 is 19.5 Å². The third-order valence-electron chi connectivity index (χ3n) is 4.36. The average molecular weight is 312 g/mol. The van der Waals surface area contributed by atoms with Gasteiger partial charge in [-0.1, -0.05) is 18.0 Å². The van der Waals surface area contributed by atoms with Crippen LogP contribution in [-0.2, 0) is 17.9 Å². The summed E-state index contributed by atoms with van der Waals surface area (Å²) in [4.78, 5) is 2.24. The molecule has 2 aliphatic rings. The molecule has 0 aromatic heterocycles. The second-order valence-electron chi connectivity index (χ2n) is 6.12. The summed E-state index contributed by atoms with van der Waals surface area (Å²) in [5.74, 6) is 1.29. The molecule has 4 nitrogen and oxygen atoms in total. The van der Waals surface area contributed by atoms with Crippen LogP contribution in [0, 0.1) is 5.92 Å². The van der Waals surface area contributed by atoms with E-state index >= 15 is 0 Å². The molecule has 0 radical (unpaired) electrons. The summed E-state index contributed by atoms with van der Waals surface area (Å²) in [6, 6.07) is 3.87. The van der Waals surface area contributed by atoms with Gasteiger partial charge in [-0.3, -0.25) is 0 Å². The standard InChI is InChI=1S/C16H22ClNO3/c1-18(7-11-3-2-4-15(11)19)8-12-5-14(17)6-13-9-20-10-21-16(12)13/h5-6,11,15,19H,2-4,7-10H2,1H3. The first-order chi connectivity index (χ1) is 10.1. The topological polar surface area (TPSA) is 41.9 Å². The number of fused-ring (bicyclic) bond motifs is 1. The Morgan fingerprint density at radius 2 is 2.24 bits per heavy atom. The number of hydrogen-bond donors (Lipinski definition) is 1. The van der Waals surface area contributed by atoms with E-state index in [1.54, 1.807) is 0 Å². The van der Waals surface area contributed by atoms with Gasteiger partial charge in [0.2, 0.25) is 0 Å². The van der Waals surface area contributed by atoms with Crippen LogP contribution in [0.3, 0.4) is 0 Å². The Labute approximate surface area is 130 Å². The molecule has 0 spiro atoms. The summed E-state index contributed by atoms with van der Waals surface area (Å²) in [6.07, 6.45) is 3.03. The highest BCUT2D eigenvalue weighted by molar-refractivity contribution is 6.30. The molecule has 0 saturated heterocycles. The van der Waals surface area contributed by atoms with Crippen LogP contribution in [0.4, 0.5) is 0 Å². The molecule has 0 bridgehead atoms. The molecule has 3 rings (SSSR count). The summed E-state index contributed by atoms with van der Waals surface area (Å²) in [5, 5.41) is 10.7. The van der Waals surface area contributed by atoms with Gasteiger partial charge in [0.05, 0.1) is 12.7 Å². The summed E-state index contributed by atoms with van der Waals surface area (Å²) in [7, 11) is 2.08. The van der Waals surface area contributed by atoms with Gasteiger partial charge in [-0.2, -0.15) is 0 Å². The molecule has 21 heavy (non-hydrogen) atoms. The number of ether oxygens (including phenoxy) is 2. The number of aliphatic hydroxyl groups is 1. The third-order valence-corrected chi connectivity index (χ3v) is 4.58. The van der Waals surface area contributed by atoms with Gasteiger partial charge in [0.15, 0.2) is 6.79 Å². The molecule has 2 atom stereocenters. The summed E-state index contributed by atoms with van der Waals surface area (Å²) >= 11 is 6.19. The van der Waals surface area contributed by atoms with Crippen LogP contribution in [0.15, 0.2) is 12.1 Å². The van der Waals surface area contributed by atoms with Gasteiger partial charge in [-0.15, -0.1) is 0 Å². The largest absolute Gasteiger partial charge is 0.467 e. The maximum atomic E-state index is 9.95. The lowest BCUT2D eigenvalue weighted by molar-refractivity contribution is -0.0174. The van der Waals surface area contributed by atoms with Gasteiger partial charge in [0, 0.05) is 29.2 Å². The molecule has 1 aromatic carbocycles. The van der Waals surface area contributed by atoms with Crippen LogP contribution in [0.25, 0.3) is 0 Å². The number of aliphatic hydroxyl groups excluding tert-OH is 1. The second-order valence-corrected chi connectivity index (χ2v) is 6.56. The smallest absolute Gasteiger partial charge is 0.189 e. The quantitative estimate of drug-likeness (QED) is 0.928. The molecular formula is C16H22ClNO3. The summed E-state index contributed by atoms with van der Waals surface area (Å²) < 4.78 is 10.9. The first-order valence-corrected chi connectivity index (χ1v) is 7.89. The zero-order valence-corrected chi connectivity index (χ0v) is 13.1. The van der Waals surface area contributed by atoms with Crippen molar-refractivity contribution in [2.24, 2.45) is 5.92 Å². The van der Waals surface area contributed by atoms with Crippen LogP contribution in [0.5, 0.6) is 5.75 Å². The fourth-order valence-corrected chi connectivity index (χ4v) is 3.62. The lowest BCUT2D eigenvalue weighted by Gasteiger charge is -2.26. The molecule has 1 aliphatic heterocycles. The molecular weight excluding hydrogens is 290 g/mol. The molecule has 1 heterocycles. The molecule has 116 valence electrons. The van der Waals surface area contributed by atoms with E-state index in [0.717, 1.165) is 49.2 Å². The maximum absolute atomic E-state index is 9.95. The van der Waals surface area contributed by atoms with Crippen molar-refractivity contribution in [3.63, 3.8) is 0 Å². The van der Waals surface area contributed by atoms with E-state index < -0.39 is 0 Å². The van der Waals surface area contributed by atoms with E-state index in [-0.39, 0.29) is 6.10 Å². The summed E-state index contributed by atoms with van der Waals surface area (Å²) in [5.41, 5.74) is 2.11. The molecule has 1 fully saturated rings. The Morgan fingerprint density at radius 1 is 1.38 bits per heavy atom. The lowest BCUT2D eigenvalue weighted by Crippen LogP contribution is -2.30. The minimum absolute atomic E-state index is 0.148. The molecule has 1 aliphatic carbocycles. The van der Waals surface area contributed by atoms with E-state index in [0.29, 0.717) is 24.3 Å². The van der Waals surface area contributed by atoms with Crippen molar-refractivity contribution in [3.8, 4) is 5.75 Å². The molecule has 1 aromatic rings. The van der Waals surface area contributed by atoms with Crippen LogP contribution in [0.1, 0.15) is 30.4 Å². The molecule has 1 saturated carbocycles. The third kappa shape index (κ3) is 3.51. The van der Waals surface area contributed by atoms with Crippen molar-refractivity contribution >= 4 is 11.6 Å². The predicted molar refractivity (Wildman–Crippen MR) is 81.4 cm³/mol. The van der Waals surface area contributed by atoms with E-state index in [2.05, 4.69) is 11.9 Å². The minimum atomic E-state index is -0.148. The van der Waals surface area contributed by atoms with Gasteiger partial charge in [0.25, 0.3) is 0 Å². The highest BCUT2D eigenvalue weighted by Crippen LogP contribution is 2.33. The Hall–Kier alpha value is -0.810. The Bertz CT molecular complexity index is 509. The van der Waals surface area contributed by atoms with Gasteiger partial charge in [0.1, 0.15) is 5.75 Å². The fraction of sp³-hybridized carbons (Fsp3) is 0.625. The van der Waals surface area contributed by atoms with Crippen molar-refractivity contribution in [3.05, 3.63) is 28.3 Å². The monoisotopic (exact) mass is 311 g/mol. The van der Waals surface area contributed by atoms with E-state index in [1.165, 1.54) is 0 Å². The lowest BCUT2D eigenvalue weighted by atomic mass is 10.0. The zero-order chi connectivity index (χ0) is 14.8. The van der Waals surface area contributed by atoms with Crippen molar-refractivity contribution in [1.29, 1.82) is 0 Å². The second kappa shape index (κ2) is 6.53. The van der Waals surface area contributed by atoms with Crippen LogP contribution >= 0.6 is 11.6 Å². The maximum Gasteiger partial charge on any atom is 0.189 e. The molecule has 5 heteroatoms. The SMILES string of the molecule is CN(Cc1cc(Cl)cc2c1OCOC2)CC1CCCC1O. The number of halogens is 1. The zero-order valence-electron chi connectivity index (χ0n) is 12.3. The van der Waals surface area contributed by atoms with Crippen LogP contribution in [-0.4, -0.2) is 36.5 Å². The number of benzene rings is 1. The van der Waals surface area contributed by atoms with E-state index in [1.807, 2.05) is 12.1 Å². The fourth-order valence-electron chi connectivity index (χ4n) is 3.36. The van der Waals surface area contributed by atoms with Gasteiger partial charge >= 0.3 is 0 Å². The normalized spacial score (nSPS) is 25.0. The minimum Gasteiger partial charge on any atom is -0.467 e. The molecule has 1 N–H and O–H groups in total. The van der Waals surface area contributed by atoms with Gasteiger partial charge in [-0.05, 0) is 37.9 Å². The van der Waals surface area contributed by atoms with Crippen molar-refractivity contribution in [1.82, 2.24) is 4.90 Å². The first kappa shape index (κ1) is 15.1. The summed E-state index contributed by atoms with van der Waals surface area (Å²) in [6.45, 7) is 2.52. The molecule has 0 amide bonds. The Kier molecular flexibility index (Phi) is 4.69. The average Bonchev–Trinajstić information content (AvgIpc) is 2.84.